The summed E-state index contributed by atoms with van der Waals surface area (Å²) in [5.74, 6) is 0.506. The van der Waals surface area contributed by atoms with Crippen molar-refractivity contribution in [2.45, 2.75) is 24.9 Å². The maximum atomic E-state index is 10.5. The molecule has 1 N–H and O–H groups in total. The molecule has 0 amide bonds. The molecule has 0 radical (unpaired) electrons. The van der Waals surface area contributed by atoms with E-state index in [0.29, 0.717) is 5.25 Å². The van der Waals surface area contributed by atoms with Crippen LogP contribution in [0, 0.1) is 0 Å². The minimum Gasteiger partial charge on any atom is -0.478 e. The van der Waals surface area contributed by atoms with Crippen LogP contribution in [0.25, 0.3) is 0 Å². The molecule has 1 heterocycles. The molecule has 0 bridgehead atoms. The summed E-state index contributed by atoms with van der Waals surface area (Å²) in [5, 5.41) is 9.14. The van der Waals surface area contributed by atoms with E-state index >= 15 is 0 Å². The molecule has 1 aromatic heterocycles. The Labute approximate surface area is 81.1 Å². The van der Waals surface area contributed by atoms with Crippen LogP contribution in [0.5, 0.6) is 0 Å². The summed E-state index contributed by atoms with van der Waals surface area (Å²) in [6.07, 6.45) is 1.28. The highest BCUT2D eigenvalue weighted by Crippen LogP contribution is 2.18. The van der Waals surface area contributed by atoms with Gasteiger partial charge in [0.2, 0.25) is 0 Å². The Morgan fingerprint density at radius 1 is 1.69 bits per heavy atom. The van der Waals surface area contributed by atoms with Crippen LogP contribution in [0.3, 0.4) is 0 Å². The largest absolute Gasteiger partial charge is 0.478 e. The summed E-state index contributed by atoms with van der Waals surface area (Å²) in [6, 6.07) is 1.57. The molecule has 0 saturated heterocycles. The van der Waals surface area contributed by atoms with Crippen LogP contribution >= 0.6 is 11.8 Å². The second-order valence-electron chi connectivity index (χ2n) is 2.97. The lowest BCUT2D eigenvalue weighted by Gasteiger charge is -2.00. The number of furan rings is 1. The van der Waals surface area contributed by atoms with Crippen LogP contribution in [0.15, 0.2) is 16.7 Å². The number of carboxylic acid groups (broad SMARTS) is 1. The normalized spacial score (nSPS) is 10.7. The molecule has 0 aliphatic heterocycles. The Balaban J connectivity index is 2.54. The zero-order chi connectivity index (χ0) is 9.84. The van der Waals surface area contributed by atoms with E-state index in [1.165, 1.54) is 6.26 Å². The van der Waals surface area contributed by atoms with E-state index < -0.39 is 5.97 Å². The molecule has 0 aliphatic carbocycles. The number of rotatable bonds is 4. The summed E-state index contributed by atoms with van der Waals surface area (Å²) < 4.78 is 5.07. The average Bonchev–Trinajstić information content (AvgIpc) is 2.48. The van der Waals surface area contributed by atoms with Crippen LogP contribution in [-0.4, -0.2) is 16.3 Å². The van der Waals surface area contributed by atoms with Gasteiger partial charge in [-0.25, -0.2) is 4.79 Å². The summed E-state index contributed by atoms with van der Waals surface area (Å²) in [5.41, 5.74) is 0.222. The number of carbonyl (C=O) groups is 1. The maximum absolute atomic E-state index is 10.5. The Bertz CT molecular complexity index is 291. The van der Waals surface area contributed by atoms with Gasteiger partial charge in [-0.3, -0.25) is 0 Å². The second-order valence-corrected chi connectivity index (χ2v) is 4.53. The molecule has 72 valence electrons. The van der Waals surface area contributed by atoms with Crippen molar-refractivity contribution in [3.05, 3.63) is 23.7 Å². The number of thioether (sulfide) groups is 1. The third-order valence-corrected chi connectivity index (χ3v) is 2.58. The molecule has 4 heteroatoms. The molecule has 13 heavy (non-hydrogen) atoms. The highest BCUT2D eigenvalue weighted by Gasteiger charge is 2.08. The van der Waals surface area contributed by atoms with Crippen LogP contribution in [0.4, 0.5) is 0 Å². The van der Waals surface area contributed by atoms with Crippen LogP contribution in [0.1, 0.15) is 30.0 Å². The molecular weight excluding hydrogens is 188 g/mol. The van der Waals surface area contributed by atoms with Crippen molar-refractivity contribution in [1.82, 2.24) is 0 Å². The van der Waals surface area contributed by atoms with Crippen LogP contribution < -0.4 is 0 Å². The molecule has 0 fully saturated rings. The third kappa shape index (κ3) is 3.14. The molecular formula is C9H12O3S. The quantitative estimate of drug-likeness (QED) is 0.811. The van der Waals surface area contributed by atoms with Crippen molar-refractivity contribution in [3.63, 3.8) is 0 Å². The molecule has 3 nitrogen and oxygen atoms in total. The Morgan fingerprint density at radius 2 is 2.38 bits per heavy atom. The Hall–Kier alpha value is -0.900. The molecule has 0 saturated carbocycles. The lowest BCUT2D eigenvalue weighted by Crippen LogP contribution is -1.92. The molecule has 0 aliphatic rings. The predicted octanol–water partition coefficient (Wildman–Crippen LogP) is 2.62. The lowest BCUT2D eigenvalue weighted by molar-refractivity contribution is 0.0696. The van der Waals surface area contributed by atoms with E-state index in [9.17, 15) is 4.79 Å². The minimum absolute atomic E-state index is 0.222. The maximum Gasteiger partial charge on any atom is 0.338 e. The number of hydrogen-bond acceptors (Lipinski definition) is 3. The molecule has 1 aromatic rings. The number of aromatic carboxylic acids is 1. The first kappa shape index (κ1) is 10.2. The monoisotopic (exact) mass is 200 g/mol. The Kier molecular flexibility index (Phi) is 3.42. The average molecular weight is 200 g/mol. The van der Waals surface area contributed by atoms with E-state index in [1.54, 1.807) is 17.8 Å². The lowest BCUT2D eigenvalue weighted by atomic mass is 10.3. The smallest absolute Gasteiger partial charge is 0.338 e. The zero-order valence-corrected chi connectivity index (χ0v) is 8.43. The van der Waals surface area contributed by atoms with Crippen molar-refractivity contribution in [1.29, 1.82) is 0 Å². The fraction of sp³-hybridized carbons (Fsp3) is 0.444. The van der Waals surface area contributed by atoms with Gasteiger partial charge in [-0.05, 0) is 11.3 Å². The fourth-order valence-corrected chi connectivity index (χ4v) is 1.47. The highest BCUT2D eigenvalue weighted by atomic mass is 32.2. The van der Waals surface area contributed by atoms with Gasteiger partial charge in [0.15, 0.2) is 0 Å². The standard InChI is InChI=1S/C9H12O3S/c1-6(2)13-5-8-3-7(4-12-8)9(10)11/h3-4,6H,5H2,1-2H3,(H,10,11). The number of carboxylic acids is 1. The van der Waals surface area contributed by atoms with Crippen LogP contribution in [-0.2, 0) is 5.75 Å². The predicted molar refractivity (Wildman–Crippen MR) is 52.1 cm³/mol. The first-order valence-corrected chi connectivity index (χ1v) is 5.06. The van der Waals surface area contributed by atoms with Gasteiger partial charge >= 0.3 is 5.97 Å². The minimum atomic E-state index is -0.940. The van der Waals surface area contributed by atoms with Gasteiger partial charge in [0.05, 0.1) is 11.3 Å². The summed E-state index contributed by atoms with van der Waals surface area (Å²) in [7, 11) is 0. The SMILES string of the molecule is CC(C)SCc1cc(C(=O)O)co1. The van der Waals surface area contributed by atoms with Gasteiger partial charge in [0.1, 0.15) is 12.0 Å². The van der Waals surface area contributed by atoms with Crippen molar-refractivity contribution < 1.29 is 14.3 Å². The van der Waals surface area contributed by atoms with E-state index in [2.05, 4.69) is 13.8 Å². The van der Waals surface area contributed by atoms with Crippen molar-refractivity contribution in [2.24, 2.45) is 0 Å². The van der Waals surface area contributed by atoms with E-state index in [4.69, 9.17) is 9.52 Å². The van der Waals surface area contributed by atoms with Gasteiger partial charge < -0.3 is 9.52 Å². The number of hydrogen-bond donors (Lipinski definition) is 1. The molecule has 0 spiro atoms. The summed E-state index contributed by atoms with van der Waals surface area (Å²) in [4.78, 5) is 10.5. The fourth-order valence-electron chi connectivity index (χ4n) is 0.817. The summed E-state index contributed by atoms with van der Waals surface area (Å²) in [6.45, 7) is 4.18. The van der Waals surface area contributed by atoms with E-state index in [-0.39, 0.29) is 5.56 Å². The molecule has 0 aromatic carbocycles. The first-order valence-electron chi connectivity index (χ1n) is 4.02. The van der Waals surface area contributed by atoms with Gasteiger partial charge in [-0.2, -0.15) is 11.8 Å². The third-order valence-electron chi connectivity index (χ3n) is 1.46. The molecule has 1 rings (SSSR count). The van der Waals surface area contributed by atoms with Crippen molar-refractivity contribution in [3.8, 4) is 0 Å². The van der Waals surface area contributed by atoms with Gasteiger partial charge in [0.25, 0.3) is 0 Å². The highest BCUT2D eigenvalue weighted by molar-refractivity contribution is 7.99. The summed E-state index contributed by atoms with van der Waals surface area (Å²) >= 11 is 1.72. The molecule has 0 atom stereocenters. The van der Waals surface area contributed by atoms with E-state index in [0.717, 1.165) is 11.5 Å². The first-order chi connectivity index (χ1) is 6.09. The van der Waals surface area contributed by atoms with Crippen molar-refractivity contribution in [2.75, 3.05) is 0 Å². The van der Waals surface area contributed by atoms with Gasteiger partial charge in [-0.15, -0.1) is 0 Å². The second kappa shape index (κ2) is 4.37. The van der Waals surface area contributed by atoms with Crippen LogP contribution in [0.2, 0.25) is 0 Å². The van der Waals surface area contributed by atoms with Crippen molar-refractivity contribution >= 4 is 17.7 Å². The Morgan fingerprint density at radius 3 is 2.85 bits per heavy atom. The van der Waals surface area contributed by atoms with E-state index in [1.807, 2.05) is 0 Å². The topological polar surface area (TPSA) is 50.4 Å². The van der Waals surface area contributed by atoms with Gasteiger partial charge in [-0.1, -0.05) is 13.8 Å². The van der Waals surface area contributed by atoms with Gasteiger partial charge in [0, 0.05) is 0 Å². The zero-order valence-electron chi connectivity index (χ0n) is 7.61. The molecule has 0 unspecified atom stereocenters.